The number of aromatic nitrogens is 2. The number of hydrogen-bond acceptors (Lipinski definition) is 4. The van der Waals surface area contributed by atoms with Crippen LogP contribution < -0.4 is 10.6 Å². The summed E-state index contributed by atoms with van der Waals surface area (Å²) in [5.41, 5.74) is 0.377. The van der Waals surface area contributed by atoms with E-state index in [4.69, 9.17) is 0 Å². The molecule has 0 aliphatic rings. The monoisotopic (exact) mass is 292 g/mol. The summed E-state index contributed by atoms with van der Waals surface area (Å²) in [7, 11) is 0. The average Bonchev–Trinajstić information content (AvgIpc) is 2.53. The molecule has 21 heavy (non-hydrogen) atoms. The van der Waals surface area contributed by atoms with Gasteiger partial charge in [-0.1, -0.05) is 40.0 Å². The largest absolute Gasteiger partial charge is 0.369 e. The predicted molar refractivity (Wildman–Crippen MR) is 86.5 cm³/mol. The quantitative estimate of drug-likeness (QED) is 0.694. The molecule has 118 valence electrons. The lowest BCUT2D eigenvalue weighted by molar-refractivity contribution is 0.0940. The highest BCUT2D eigenvalue weighted by Crippen LogP contribution is 2.11. The number of carbonyl (C=O) groups is 1. The van der Waals surface area contributed by atoms with E-state index in [-0.39, 0.29) is 5.91 Å². The van der Waals surface area contributed by atoms with Crippen LogP contribution in [0.25, 0.3) is 0 Å². The van der Waals surface area contributed by atoms with Gasteiger partial charge in [0.25, 0.3) is 5.91 Å². The Morgan fingerprint density at radius 2 is 2.00 bits per heavy atom. The van der Waals surface area contributed by atoms with Crippen LogP contribution in [-0.2, 0) is 0 Å². The van der Waals surface area contributed by atoms with Crippen LogP contribution >= 0.6 is 0 Å². The van der Waals surface area contributed by atoms with Gasteiger partial charge >= 0.3 is 0 Å². The predicted octanol–water partition coefficient (Wildman–Crippen LogP) is 3.24. The molecule has 0 bridgehead atoms. The van der Waals surface area contributed by atoms with Gasteiger partial charge in [0.15, 0.2) is 0 Å². The summed E-state index contributed by atoms with van der Waals surface area (Å²) in [5.74, 6) is 1.12. The van der Waals surface area contributed by atoms with E-state index in [0.717, 1.165) is 19.4 Å². The standard InChI is InChI=1S/C16H28N4O/c1-4-7-8-13(6-3)10-20-16(21)14-11-19-15(12-18-14)17-9-5-2/h11-13H,4-10H2,1-3H3,(H,17,19)(H,20,21). The van der Waals surface area contributed by atoms with Gasteiger partial charge in [0.1, 0.15) is 11.5 Å². The van der Waals surface area contributed by atoms with Crippen molar-refractivity contribution in [1.29, 1.82) is 0 Å². The molecule has 0 saturated heterocycles. The van der Waals surface area contributed by atoms with Crippen LogP contribution in [0.3, 0.4) is 0 Å². The van der Waals surface area contributed by atoms with Gasteiger partial charge in [0.2, 0.25) is 0 Å². The topological polar surface area (TPSA) is 66.9 Å². The fourth-order valence-electron chi connectivity index (χ4n) is 2.06. The molecule has 5 nitrogen and oxygen atoms in total. The highest BCUT2D eigenvalue weighted by Gasteiger charge is 2.11. The summed E-state index contributed by atoms with van der Waals surface area (Å²) < 4.78 is 0. The Morgan fingerprint density at radius 3 is 2.57 bits per heavy atom. The number of unbranched alkanes of at least 4 members (excludes halogenated alkanes) is 1. The van der Waals surface area contributed by atoms with Crippen LogP contribution in [0.4, 0.5) is 5.82 Å². The highest BCUT2D eigenvalue weighted by molar-refractivity contribution is 5.91. The number of anilines is 1. The van der Waals surface area contributed by atoms with E-state index < -0.39 is 0 Å². The Kier molecular flexibility index (Phi) is 8.40. The van der Waals surface area contributed by atoms with Crippen molar-refractivity contribution >= 4 is 11.7 Å². The lowest BCUT2D eigenvalue weighted by atomic mass is 9.99. The molecule has 0 aliphatic carbocycles. The molecule has 0 radical (unpaired) electrons. The molecule has 0 fully saturated rings. The molecule has 1 rings (SSSR count). The van der Waals surface area contributed by atoms with Crippen LogP contribution in [0.5, 0.6) is 0 Å². The van der Waals surface area contributed by atoms with Crippen molar-refractivity contribution in [3.8, 4) is 0 Å². The van der Waals surface area contributed by atoms with Crippen molar-refractivity contribution in [2.45, 2.75) is 52.9 Å². The molecule has 5 heteroatoms. The van der Waals surface area contributed by atoms with Gasteiger partial charge in [-0.25, -0.2) is 9.97 Å². The zero-order valence-corrected chi connectivity index (χ0v) is 13.5. The van der Waals surface area contributed by atoms with Crippen LogP contribution in [0.15, 0.2) is 12.4 Å². The van der Waals surface area contributed by atoms with Gasteiger partial charge in [0.05, 0.1) is 12.4 Å². The summed E-state index contributed by atoms with van der Waals surface area (Å²) in [4.78, 5) is 20.4. The number of nitrogens with one attached hydrogen (secondary N) is 2. The Bertz CT molecular complexity index is 405. The van der Waals surface area contributed by atoms with E-state index >= 15 is 0 Å². The molecule has 0 saturated carbocycles. The molecule has 0 spiro atoms. The summed E-state index contributed by atoms with van der Waals surface area (Å²) in [6.45, 7) is 8.02. The number of hydrogen-bond donors (Lipinski definition) is 2. The SMILES string of the molecule is CCCCC(CC)CNC(=O)c1cnc(NCCC)cn1. The van der Waals surface area contributed by atoms with Crippen molar-refractivity contribution < 1.29 is 4.79 Å². The second-order valence-electron chi connectivity index (χ2n) is 5.34. The lowest BCUT2D eigenvalue weighted by Gasteiger charge is -2.15. The number of carbonyl (C=O) groups excluding carboxylic acids is 1. The zero-order chi connectivity index (χ0) is 15.5. The summed E-state index contributed by atoms with van der Waals surface area (Å²) in [5, 5.41) is 6.10. The van der Waals surface area contributed by atoms with E-state index in [1.807, 2.05) is 0 Å². The second-order valence-corrected chi connectivity index (χ2v) is 5.34. The molecular formula is C16H28N4O. The molecule has 1 atom stereocenters. The minimum atomic E-state index is -0.139. The Hall–Kier alpha value is -1.65. The van der Waals surface area contributed by atoms with Gasteiger partial charge in [-0.15, -0.1) is 0 Å². The third kappa shape index (κ3) is 6.56. The van der Waals surface area contributed by atoms with Crippen LogP contribution in [0, 0.1) is 5.92 Å². The minimum Gasteiger partial charge on any atom is -0.369 e. The Balaban J connectivity index is 2.43. The van der Waals surface area contributed by atoms with Crippen LogP contribution in [0.2, 0.25) is 0 Å². The van der Waals surface area contributed by atoms with E-state index in [2.05, 4.69) is 41.4 Å². The highest BCUT2D eigenvalue weighted by atomic mass is 16.1. The molecule has 1 aromatic heterocycles. The second kappa shape index (κ2) is 10.1. The first kappa shape index (κ1) is 17.4. The third-order valence-electron chi connectivity index (χ3n) is 3.54. The summed E-state index contributed by atoms with van der Waals surface area (Å²) >= 11 is 0. The average molecular weight is 292 g/mol. The van der Waals surface area contributed by atoms with Crippen molar-refractivity contribution in [1.82, 2.24) is 15.3 Å². The van der Waals surface area contributed by atoms with E-state index in [1.165, 1.54) is 25.5 Å². The first-order chi connectivity index (χ1) is 10.2. The number of nitrogens with zero attached hydrogens (tertiary/aromatic N) is 2. The maximum Gasteiger partial charge on any atom is 0.271 e. The van der Waals surface area contributed by atoms with Gasteiger partial charge < -0.3 is 10.6 Å². The normalized spacial score (nSPS) is 12.0. The molecule has 1 aromatic rings. The maximum absolute atomic E-state index is 12.0. The van der Waals surface area contributed by atoms with Gasteiger partial charge in [-0.05, 0) is 18.8 Å². The summed E-state index contributed by atoms with van der Waals surface area (Å²) in [6.07, 6.45) is 8.83. The van der Waals surface area contributed by atoms with Crippen LogP contribution in [-0.4, -0.2) is 29.0 Å². The summed E-state index contributed by atoms with van der Waals surface area (Å²) in [6, 6.07) is 0. The first-order valence-corrected chi connectivity index (χ1v) is 8.05. The van der Waals surface area contributed by atoms with Crippen molar-refractivity contribution in [3.05, 3.63) is 18.1 Å². The smallest absolute Gasteiger partial charge is 0.271 e. The third-order valence-corrected chi connectivity index (χ3v) is 3.54. The van der Waals surface area contributed by atoms with Crippen LogP contribution in [0.1, 0.15) is 63.4 Å². The molecule has 1 amide bonds. The first-order valence-electron chi connectivity index (χ1n) is 8.05. The molecular weight excluding hydrogens is 264 g/mol. The van der Waals surface area contributed by atoms with Gasteiger partial charge in [0, 0.05) is 13.1 Å². The van der Waals surface area contributed by atoms with Crippen molar-refractivity contribution in [3.63, 3.8) is 0 Å². The molecule has 1 unspecified atom stereocenters. The molecule has 0 aromatic carbocycles. The van der Waals surface area contributed by atoms with E-state index in [9.17, 15) is 4.79 Å². The Labute approximate surface area is 128 Å². The minimum absolute atomic E-state index is 0.139. The number of amides is 1. The Morgan fingerprint density at radius 1 is 1.19 bits per heavy atom. The number of rotatable bonds is 10. The molecule has 0 aliphatic heterocycles. The van der Waals surface area contributed by atoms with Gasteiger partial charge in [-0.2, -0.15) is 0 Å². The fourth-order valence-corrected chi connectivity index (χ4v) is 2.06. The maximum atomic E-state index is 12.0. The lowest BCUT2D eigenvalue weighted by Crippen LogP contribution is -2.30. The fraction of sp³-hybridized carbons (Fsp3) is 0.688. The molecule has 1 heterocycles. The zero-order valence-electron chi connectivity index (χ0n) is 13.5. The van der Waals surface area contributed by atoms with Gasteiger partial charge in [-0.3, -0.25) is 4.79 Å². The van der Waals surface area contributed by atoms with Crippen molar-refractivity contribution in [2.24, 2.45) is 5.92 Å². The van der Waals surface area contributed by atoms with Crippen molar-refractivity contribution in [2.75, 3.05) is 18.4 Å². The molecule has 2 N–H and O–H groups in total. The van der Waals surface area contributed by atoms with E-state index in [1.54, 1.807) is 6.20 Å². The van der Waals surface area contributed by atoms with E-state index in [0.29, 0.717) is 24.0 Å².